The van der Waals surface area contributed by atoms with E-state index in [0.717, 1.165) is 33.7 Å². The molecule has 0 aliphatic heterocycles. The fourth-order valence-corrected chi connectivity index (χ4v) is 2.73. The second-order valence-electron chi connectivity index (χ2n) is 4.81. The van der Waals surface area contributed by atoms with E-state index in [-0.39, 0.29) is 6.04 Å². The van der Waals surface area contributed by atoms with Crippen LogP contribution in [0.3, 0.4) is 0 Å². The van der Waals surface area contributed by atoms with Crippen LogP contribution in [0.1, 0.15) is 29.9 Å². The molecule has 1 N–H and O–H groups in total. The molecule has 0 radical (unpaired) electrons. The lowest BCUT2D eigenvalue weighted by Crippen LogP contribution is -2.20. The van der Waals surface area contributed by atoms with Crippen molar-refractivity contribution in [2.75, 3.05) is 7.11 Å². The summed E-state index contributed by atoms with van der Waals surface area (Å²) >= 11 is 3.59. The van der Waals surface area contributed by atoms with Gasteiger partial charge in [-0.15, -0.1) is 0 Å². The van der Waals surface area contributed by atoms with Crippen molar-refractivity contribution in [1.29, 1.82) is 0 Å². The number of aryl methyl sites for hydroxylation is 2. The van der Waals surface area contributed by atoms with Gasteiger partial charge in [-0.3, -0.25) is 4.68 Å². The summed E-state index contributed by atoms with van der Waals surface area (Å²) in [5.41, 5.74) is 3.31. The lowest BCUT2D eigenvalue weighted by Gasteiger charge is -2.17. The van der Waals surface area contributed by atoms with E-state index in [0.29, 0.717) is 0 Å². The monoisotopic (exact) mass is 337 g/mol. The molecule has 0 spiro atoms. The Labute approximate surface area is 128 Å². The zero-order chi connectivity index (χ0) is 14.7. The predicted octanol–water partition coefficient (Wildman–Crippen LogP) is 3.35. The van der Waals surface area contributed by atoms with Crippen molar-refractivity contribution >= 4 is 15.9 Å². The number of halogens is 1. The Hall–Kier alpha value is -1.33. The van der Waals surface area contributed by atoms with Crippen LogP contribution in [-0.2, 0) is 13.6 Å². The zero-order valence-corrected chi connectivity index (χ0v) is 13.9. The summed E-state index contributed by atoms with van der Waals surface area (Å²) in [5.74, 6) is 0.910. The number of methoxy groups -OCH3 is 1. The Balaban J connectivity index is 2.10. The quantitative estimate of drug-likeness (QED) is 0.909. The summed E-state index contributed by atoms with van der Waals surface area (Å²) in [6, 6.07) is 8.28. The number of hydrogen-bond acceptors (Lipinski definition) is 3. The third-order valence-electron chi connectivity index (χ3n) is 3.44. The van der Waals surface area contributed by atoms with Crippen LogP contribution < -0.4 is 10.1 Å². The van der Waals surface area contributed by atoms with Gasteiger partial charge in [-0.2, -0.15) is 5.10 Å². The van der Waals surface area contributed by atoms with E-state index >= 15 is 0 Å². The number of hydrogen-bond donors (Lipinski definition) is 1. The van der Waals surface area contributed by atoms with Gasteiger partial charge in [0, 0.05) is 25.2 Å². The predicted molar refractivity (Wildman–Crippen MR) is 83.9 cm³/mol. The molecule has 0 bridgehead atoms. The van der Waals surface area contributed by atoms with Crippen molar-refractivity contribution < 1.29 is 4.74 Å². The maximum Gasteiger partial charge on any atom is 0.123 e. The van der Waals surface area contributed by atoms with Gasteiger partial charge in [0.2, 0.25) is 0 Å². The number of benzene rings is 1. The molecule has 0 fully saturated rings. The van der Waals surface area contributed by atoms with Gasteiger partial charge in [-0.25, -0.2) is 0 Å². The summed E-state index contributed by atoms with van der Waals surface area (Å²) in [6.07, 6.45) is 0. The highest BCUT2D eigenvalue weighted by Gasteiger charge is 2.14. The molecule has 5 heteroatoms. The highest BCUT2D eigenvalue weighted by atomic mass is 79.9. The molecule has 2 rings (SSSR count). The van der Waals surface area contributed by atoms with Crippen LogP contribution in [0, 0.1) is 6.92 Å². The van der Waals surface area contributed by atoms with Gasteiger partial charge < -0.3 is 10.1 Å². The molecule has 1 aromatic carbocycles. The van der Waals surface area contributed by atoms with Crippen LogP contribution in [0.25, 0.3) is 0 Å². The van der Waals surface area contributed by atoms with E-state index in [4.69, 9.17) is 4.74 Å². The average molecular weight is 338 g/mol. The number of nitrogens with zero attached hydrogens (tertiary/aromatic N) is 2. The van der Waals surface area contributed by atoms with Gasteiger partial charge in [-0.1, -0.05) is 18.2 Å². The summed E-state index contributed by atoms with van der Waals surface area (Å²) < 4.78 is 8.38. The van der Waals surface area contributed by atoms with E-state index in [1.807, 2.05) is 36.9 Å². The molecule has 0 unspecified atom stereocenters. The Morgan fingerprint density at radius 3 is 2.70 bits per heavy atom. The van der Waals surface area contributed by atoms with Crippen molar-refractivity contribution in [1.82, 2.24) is 15.1 Å². The highest BCUT2D eigenvalue weighted by molar-refractivity contribution is 9.10. The van der Waals surface area contributed by atoms with Crippen molar-refractivity contribution in [2.24, 2.45) is 7.05 Å². The molecule has 0 aliphatic rings. The van der Waals surface area contributed by atoms with E-state index < -0.39 is 0 Å². The molecule has 0 saturated carbocycles. The van der Waals surface area contributed by atoms with E-state index in [1.165, 1.54) is 0 Å². The number of ether oxygens (including phenoxy) is 1. The first kappa shape index (κ1) is 15.1. The van der Waals surface area contributed by atoms with Crippen LogP contribution in [0.5, 0.6) is 5.75 Å². The number of aromatic nitrogens is 2. The van der Waals surface area contributed by atoms with Gasteiger partial charge in [0.15, 0.2) is 0 Å². The third-order valence-corrected chi connectivity index (χ3v) is 4.47. The molecular weight excluding hydrogens is 318 g/mol. The second kappa shape index (κ2) is 6.41. The molecule has 20 heavy (non-hydrogen) atoms. The summed E-state index contributed by atoms with van der Waals surface area (Å²) in [4.78, 5) is 0. The molecule has 4 nitrogen and oxygen atoms in total. The van der Waals surface area contributed by atoms with Crippen molar-refractivity contribution in [2.45, 2.75) is 26.4 Å². The van der Waals surface area contributed by atoms with Gasteiger partial charge in [0.1, 0.15) is 5.75 Å². The molecule has 108 valence electrons. The Morgan fingerprint density at radius 1 is 1.40 bits per heavy atom. The fourth-order valence-electron chi connectivity index (χ4n) is 2.26. The zero-order valence-electron chi connectivity index (χ0n) is 12.3. The number of nitrogens with one attached hydrogen (secondary N) is 1. The maximum absolute atomic E-state index is 5.40. The molecule has 0 saturated heterocycles. The fraction of sp³-hybridized carbons (Fsp3) is 0.400. The summed E-state index contributed by atoms with van der Waals surface area (Å²) in [7, 11) is 3.66. The van der Waals surface area contributed by atoms with Crippen LogP contribution in [0.2, 0.25) is 0 Å². The van der Waals surface area contributed by atoms with Gasteiger partial charge in [-0.05, 0) is 35.8 Å². The minimum atomic E-state index is 0.202. The standard InChI is InChI=1S/C15H20BrN3O/c1-10(12-7-5-6-8-14(12)20-4)17-9-13-15(16)11(2)18-19(13)3/h5-8,10,17H,9H2,1-4H3/t10-/m0/s1. The minimum Gasteiger partial charge on any atom is -0.496 e. The SMILES string of the molecule is COc1ccccc1[C@H](C)NCc1c(Br)c(C)nn1C. The van der Waals surface area contributed by atoms with Crippen molar-refractivity contribution in [3.63, 3.8) is 0 Å². The molecular formula is C15H20BrN3O. The van der Waals surface area contributed by atoms with Gasteiger partial charge in [0.25, 0.3) is 0 Å². The second-order valence-corrected chi connectivity index (χ2v) is 5.61. The molecule has 1 aromatic heterocycles. The topological polar surface area (TPSA) is 39.1 Å². The largest absolute Gasteiger partial charge is 0.496 e. The first-order chi connectivity index (χ1) is 9.54. The van der Waals surface area contributed by atoms with Gasteiger partial charge >= 0.3 is 0 Å². The minimum absolute atomic E-state index is 0.202. The molecule has 1 atom stereocenters. The summed E-state index contributed by atoms with van der Waals surface area (Å²) in [6.45, 7) is 4.88. The average Bonchev–Trinajstić information content (AvgIpc) is 2.70. The van der Waals surface area contributed by atoms with Crippen molar-refractivity contribution in [3.8, 4) is 5.75 Å². The lowest BCUT2D eigenvalue weighted by molar-refractivity contribution is 0.401. The molecule has 0 aliphatic carbocycles. The van der Waals surface area contributed by atoms with E-state index in [9.17, 15) is 0 Å². The summed E-state index contributed by atoms with van der Waals surface area (Å²) in [5, 5.41) is 7.91. The third kappa shape index (κ3) is 3.04. The Kier molecular flexibility index (Phi) is 4.83. The van der Waals surface area contributed by atoms with Crippen LogP contribution in [0.15, 0.2) is 28.7 Å². The molecule has 2 aromatic rings. The van der Waals surface area contributed by atoms with Crippen molar-refractivity contribution in [3.05, 3.63) is 45.7 Å². The maximum atomic E-state index is 5.40. The molecule has 0 amide bonds. The van der Waals surface area contributed by atoms with E-state index in [1.54, 1.807) is 7.11 Å². The van der Waals surface area contributed by atoms with Crippen LogP contribution in [-0.4, -0.2) is 16.9 Å². The first-order valence-corrected chi connectivity index (χ1v) is 7.38. The van der Waals surface area contributed by atoms with Gasteiger partial charge in [0.05, 0.1) is 23.0 Å². The number of para-hydroxylation sites is 1. The molecule has 1 heterocycles. The lowest BCUT2D eigenvalue weighted by atomic mass is 10.1. The smallest absolute Gasteiger partial charge is 0.123 e. The highest BCUT2D eigenvalue weighted by Crippen LogP contribution is 2.25. The first-order valence-electron chi connectivity index (χ1n) is 6.58. The van der Waals surface area contributed by atoms with E-state index in [2.05, 4.69) is 39.3 Å². The Morgan fingerprint density at radius 2 is 2.10 bits per heavy atom. The van der Waals surface area contributed by atoms with Crippen LogP contribution >= 0.6 is 15.9 Å². The Bertz CT molecular complexity index is 595. The number of rotatable bonds is 5. The normalized spacial score (nSPS) is 12.4. The van der Waals surface area contributed by atoms with Crippen LogP contribution in [0.4, 0.5) is 0 Å².